The number of hydrogen-bond acceptors (Lipinski definition) is 0. The molecule has 0 bridgehead atoms. The predicted octanol–water partition coefficient (Wildman–Crippen LogP) is 9.01. The minimum Gasteiger partial charge on any atom is -0.206 e. The van der Waals surface area contributed by atoms with Gasteiger partial charge in [-0.3, -0.25) is 0 Å². The Hall–Kier alpha value is -2.12. The molecule has 0 aromatic heterocycles. The molecule has 0 N–H and O–H groups in total. The quantitative estimate of drug-likeness (QED) is 0.348. The Morgan fingerprint density at radius 2 is 1.48 bits per heavy atom. The molecule has 0 heterocycles. The van der Waals surface area contributed by atoms with Gasteiger partial charge < -0.3 is 0 Å². The van der Waals surface area contributed by atoms with E-state index in [1.807, 2.05) is 18.2 Å². The van der Waals surface area contributed by atoms with Crippen molar-refractivity contribution in [3.63, 3.8) is 0 Å². The lowest BCUT2D eigenvalue weighted by Gasteiger charge is -2.29. The molecule has 0 nitrogen and oxygen atoms in total. The van der Waals surface area contributed by atoms with Crippen LogP contribution in [0.5, 0.6) is 0 Å². The summed E-state index contributed by atoms with van der Waals surface area (Å²) >= 11 is 5.95. The van der Waals surface area contributed by atoms with Gasteiger partial charge in [-0.2, -0.15) is 0 Å². The predicted molar refractivity (Wildman–Crippen MR) is 130 cm³/mol. The second-order valence-corrected chi connectivity index (χ2v) is 9.51. The van der Waals surface area contributed by atoms with Crippen LogP contribution < -0.4 is 0 Å². The lowest BCUT2D eigenvalue weighted by molar-refractivity contribution is 0.310. The average Bonchev–Trinajstić information content (AvgIpc) is 2.80. The normalized spacial score (nSPS) is 18.8. The summed E-state index contributed by atoms with van der Waals surface area (Å²) in [6.07, 6.45) is 9.62. The molecule has 0 atom stereocenters. The molecule has 0 spiro atoms. The van der Waals surface area contributed by atoms with Crippen LogP contribution in [0.2, 0.25) is 5.02 Å². The summed E-state index contributed by atoms with van der Waals surface area (Å²) in [5, 5.41) is 0.670. The lowest BCUT2D eigenvalue weighted by Crippen LogP contribution is -2.14. The second-order valence-electron chi connectivity index (χ2n) is 9.07. The van der Waals surface area contributed by atoms with Crippen LogP contribution in [0.4, 0.5) is 4.39 Å². The molecular weight excluding hydrogens is 403 g/mol. The third-order valence-electron chi connectivity index (χ3n) is 6.87. The van der Waals surface area contributed by atoms with Crippen LogP contribution in [-0.2, 0) is 12.8 Å². The molecule has 162 valence electrons. The molecule has 31 heavy (non-hydrogen) atoms. The number of halogens is 2. The van der Waals surface area contributed by atoms with Gasteiger partial charge in [-0.1, -0.05) is 73.5 Å². The lowest BCUT2D eigenvalue weighted by atomic mass is 9.76. The van der Waals surface area contributed by atoms with Gasteiger partial charge in [0.15, 0.2) is 0 Å². The zero-order valence-electron chi connectivity index (χ0n) is 18.4. The maximum Gasteiger partial charge on any atom is 0.131 e. The molecule has 0 aliphatic heterocycles. The molecule has 1 fully saturated rings. The third-order valence-corrected chi connectivity index (χ3v) is 7.12. The Morgan fingerprint density at radius 3 is 2.13 bits per heavy atom. The highest BCUT2D eigenvalue weighted by Crippen LogP contribution is 2.37. The third kappa shape index (κ3) is 5.77. The van der Waals surface area contributed by atoms with Gasteiger partial charge in [0.2, 0.25) is 0 Å². The molecule has 3 aromatic rings. The molecule has 0 amide bonds. The first-order valence-electron chi connectivity index (χ1n) is 11.8. The van der Waals surface area contributed by atoms with Gasteiger partial charge >= 0.3 is 0 Å². The molecular formula is C29H32ClF. The Kier molecular flexibility index (Phi) is 7.45. The van der Waals surface area contributed by atoms with Crippen LogP contribution >= 0.6 is 11.6 Å². The number of rotatable bonds is 7. The van der Waals surface area contributed by atoms with Crippen molar-refractivity contribution in [3.8, 4) is 11.1 Å². The highest BCUT2D eigenvalue weighted by Gasteiger charge is 2.22. The van der Waals surface area contributed by atoms with Crippen LogP contribution in [0.3, 0.4) is 0 Å². The van der Waals surface area contributed by atoms with E-state index in [2.05, 4.69) is 37.3 Å². The van der Waals surface area contributed by atoms with E-state index in [1.165, 1.54) is 49.7 Å². The van der Waals surface area contributed by atoms with Crippen molar-refractivity contribution >= 4 is 11.6 Å². The van der Waals surface area contributed by atoms with Gasteiger partial charge in [-0.15, -0.1) is 0 Å². The molecule has 1 aliphatic rings. The first-order chi connectivity index (χ1) is 15.1. The topological polar surface area (TPSA) is 0 Å². The fraction of sp³-hybridized carbons (Fsp3) is 0.379. The first-order valence-corrected chi connectivity index (χ1v) is 12.1. The average molecular weight is 435 g/mol. The van der Waals surface area contributed by atoms with Crippen LogP contribution in [0.25, 0.3) is 11.1 Å². The van der Waals surface area contributed by atoms with Crippen LogP contribution in [0, 0.1) is 11.7 Å². The Labute approximate surface area is 191 Å². The zero-order valence-corrected chi connectivity index (χ0v) is 19.2. The van der Waals surface area contributed by atoms with E-state index in [-0.39, 0.29) is 5.82 Å². The molecule has 0 radical (unpaired) electrons. The van der Waals surface area contributed by atoms with Crippen LogP contribution in [0.1, 0.15) is 68.1 Å². The van der Waals surface area contributed by atoms with E-state index < -0.39 is 0 Å². The Bertz CT molecular complexity index is 967. The van der Waals surface area contributed by atoms with Crippen molar-refractivity contribution in [2.75, 3.05) is 0 Å². The van der Waals surface area contributed by atoms with Gasteiger partial charge in [0.1, 0.15) is 5.82 Å². The highest BCUT2D eigenvalue weighted by molar-refractivity contribution is 6.30. The Balaban J connectivity index is 1.28. The molecule has 3 aromatic carbocycles. The summed E-state index contributed by atoms with van der Waals surface area (Å²) < 4.78 is 14.7. The smallest absolute Gasteiger partial charge is 0.131 e. The highest BCUT2D eigenvalue weighted by atomic mass is 35.5. The van der Waals surface area contributed by atoms with Crippen molar-refractivity contribution in [2.45, 2.75) is 64.2 Å². The van der Waals surface area contributed by atoms with Crippen molar-refractivity contribution in [3.05, 3.63) is 94.3 Å². The van der Waals surface area contributed by atoms with E-state index in [4.69, 9.17) is 11.6 Å². The van der Waals surface area contributed by atoms with Gasteiger partial charge in [-0.05, 0) is 97.2 Å². The largest absolute Gasteiger partial charge is 0.206 e. The molecule has 1 aliphatic carbocycles. The summed E-state index contributed by atoms with van der Waals surface area (Å²) in [4.78, 5) is 0. The summed E-state index contributed by atoms with van der Waals surface area (Å²) in [6, 6.07) is 22.4. The fourth-order valence-corrected chi connectivity index (χ4v) is 5.10. The van der Waals surface area contributed by atoms with Gasteiger partial charge in [0.05, 0.1) is 0 Å². The van der Waals surface area contributed by atoms with Crippen LogP contribution in [0.15, 0.2) is 66.7 Å². The number of hydrogen-bond donors (Lipinski definition) is 0. The molecule has 4 rings (SSSR count). The minimum atomic E-state index is -0.143. The monoisotopic (exact) mass is 434 g/mol. The van der Waals surface area contributed by atoms with Crippen molar-refractivity contribution < 1.29 is 4.39 Å². The van der Waals surface area contributed by atoms with E-state index in [1.54, 1.807) is 18.2 Å². The van der Waals surface area contributed by atoms with Crippen molar-refractivity contribution in [1.82, 2.24) is 0 Å². The zero-order chi connectivity index (χ0) is 21.6. The summed E-state index contributed by atoms with van der Waals surface area (Å²) in [6.45, 7) is 2.23. The van der Waals surface area contributed by atoms with E-state index in [0.29, 0.717) is 16.5 Å². The fourth-order valence-electron chi connectivity index (χ4n) is 4.98. The molecule has 0 saturated heterocycles. The van der Waals surface area contributed by atoms with Crippen LogP contribution in [-0.4, -0.2) is 0 Å². The van der Waals surface area contributed by atoms with E-state index in [0.717, 1.165) is 29.9 Å². The number of aryl methyl sites for hydroxylation is 2. The number of benzene rings is 3. The first kappa shape index (κ1) is 22.1. The van der Waals surface area contributed by atoms with Gasteiger partial charge in [-0.25, -0.2) is 4.39 Å². The van der Waals surface area contributed by atoms with E-state index >= 15 is 0 Å². The van der Waals surface area contributed by atoms with E-state index in [9.17, 15) is 4.39 Å². The maximum atomic E-state index is 14.7. The summed E-state index contributed by atoms with van der Waals surface area (Å²) in [5.74, 6) is 1.33. The Morgan fingerprint density at radius 1 is 0.806 bits per heavy atom. The standard InChI is InChI=1S/C29H32ClF/c1-2-3-21-6-11-24(12-7-21)25-13-8-22(9-14-25)4-5-23-10-19-28(29(31)20-23)26-15-17-27(30)18-16-26/h6-7,10-12,15-20,22,25H,2-5,8-9,13-14H2,1H3. The SMILES string of the molecule is CCCc1ccc(C2CCC(CCc3ccc(-c4ccc(Cl)cc4)c(F)c3)CC2)cc1. The maximum absolute atomic E-state index is 14.7. The molecule has 0 unspecified atom stereocenters. The van der Waals surface area contributed by atoms with Gasteiger partial charge in [0, 0.05) is 10.6 Å². The van der Waals surface area contributed by atoms with Gasteiger partial charge in [0.25, 0.3) is 0 Å². The molecule has 1 saturated carbocycles. The summed E-state index contributed by atoms with van der Waals surface area (Å²) in [7, 11) is 0. The van der Waals surface area contributed by atoms with Crippen molar-refractivity contribution in [1.29, 1.82) is 0 Å². The second kappa shape index (κ2) is 10.5. The summed E-state index contributed by atoms with van der Waals surface area (Å²) in [5.41, 5.74) is 5.58. The minimum absolute atomic E-state index is 0.143. The molecule has 2 heteroatoms. The van der Waals surface area contributed by atoms with Crippen molar-refractivity contribution in [2.24, 2.45) is 5.92 Å².